The number of pyridine rings is 1. The molecule has 3 aromatic carbocycles. The third kappa shape index (κ3) is 4.28. The summed E-state index contributed by atoms with van der Waals surface area (Å²) in [6.45, 7) is 3.89. The highest BCUT2D eigenvalue weighted by Crippen LogP contribution is 2.60. The van der Waals surface area contributed by atoms with Gasteiger partial charge in [-0.2, -0.15) is 0 Å². The summed E-state index contributed by atoms with van der Waals surface area (Å²) in [5.74, 6) is -0.980. The van der Waals surface area contributed by atoms with Gasteiger partial charge >= 0.3 is 7.60 Å². The van der Waals surface area contributed by atoms with Crippen molar-refractivity contribution in [3.63, 3.8) is 0 Å². The van der Waals surface area contributed by atoms with Crippen molar-refractivity contribution in [2.75, 3.05) is 18.5 Å². The molecule has 0 aliphatic heterocycles. The van der Waals surface area contributed by atoms with E-state index in [4.69, 9.17) is 9.05 Å². The van der Waals surface area contributed by atoms with E-state index < -0.39 is 13.4 Å². The van der Waals surface area contributed by atoms with Crippen LogP contribution in [0.3, 0.4) is 0 Å². The number of hydrogen-bond acceptors (Lipinski definition) is 5. The Bertz CT molecular complexity index is 1300. The summed E-state index contributed by atoms with van der Waals surface area (Å²) < 4.78 is 25.2. The van der Waals surface area contributed by atoms with E-state index in [0.717, 1.165) is 21.8 Å². The van der Waals surface area contributed by atoms with Crippen LogP contribution in [0.25, 0.3) is 21.7 Å². The highest BCUT2D eigenvalue weighted by molar-refractivity contribution is 7.54. The highest BCUT2D eigenvalue weighted by atomic mass is 31.2. The zero-order valence-corrected chi connectivity index (χ0v) is 18.4. The first-order chi connectivity index (χ1) is 15.1. The van der Waals surface area contributed by atoms with Crippen LogP contribution in [0.1, 0.15) is 25.2 Å². The zero-order chi connectivity index (χ0) is 21.8. The normalized spacial score (nSPS) is 12.8. The number of fused-ring (bicyclic) bond motifs is 2. The largest absolute Gasteiger partial charge is 0.367 e. The summed E-state index contributed by atoms with van der Waals surface area (Å²) >= 11 is 0. The van der Waals surface area contributed by atoms with Gasteiger partial charge in [0.1, 0.15) is 0 Å². The van der Waals surface area contributed by atoms with E-state index in [-0.39, 0.29) is 18.8 Å². The van der Waals surface area contributed by atoms with E-state index in [2.05, 4.69) is 10.3 Å². The summed E-state index contributed by atoms with van der Waals surface area (Å²) in [7, 11) is -3.73. The van der Waals surface area contributed by atoms with Crippen LogP contribution in [-0.4, -0.2) is 18.2 Å². The first-order valence-corrected chi connectivity index (χ1v) is 11.9. The molecule has 0 fully saturated rings. The van der Waals surface area contributed by atoms with Crippen LogP contribution >= 0.6 is 7.60 Å². The zero-order valence-electron chi connectivity index (χ0n) is 17.5. The Balaban J connectivity index is 1.91. The first-order valence-electron chi connectivity index (χ1n) is 10.3. The number of rotatable bonds is 8. The molecule has 1 aromatic heterocycles. The minimum Gasteiger partial charge on any atom is -0.367 e. The van der Waals surface area contributed by atoms with E-state index in [9.17, 15) is 9.36 Å². The molecule has 160 valence electrons. The molecule has 0 radical (unpaired) electrons. The molecule has 0 aliphatic carbocycles. The Kier molecular flexibility index (Phi) is 6.23. The van der Waals surface area contributed by atoms with E-state index in [0.29, 0.717) is 11.1 Å². The SMILES string of the molecule is CCOP(=O)(OCC)C(Nc1cccc2ccccc12)c1cc2ccccc2[nH]c1=O. The molecule has 1 unspecified atom stereocenters. The number of hydrogen-bond donors (Lipinski definition) is 2. The van der Waals surface area contributed by atoms with Gasteiger partial charge < -0.3 is 19.3 Å². The molecule has 4 rings (SSSR count). The van der Waals surface area contributed by atoms with Crippen LogP contribution in [0.5, 0.6) is 0 Å². The summed E-state index contributed by atoms with van der Waals surface area (Å²) in [5, 5.41) is 6.14. The maximum atomic E-state index is 13.9. The molecule has 7 heteroatoms. The summed E-state index contributed by atoms with van der Waals surface area (Å²) in [6.07, 6.45) is 0. The van der Waals surface area contributed by atoms with E-state index in [1.807, 2.05) is 66.7 Å². The lowest BCUT2D eigenvalue weighted by atomic mass is 10.1. The molecule has 6 nitrogen and oxygen atoms in total. The standard InChI is InChI=1S/C24H25N2O4P/c1-3-29-31(28,30-4-2)24(20-16-18-11-6-8-14-21(18)25-23(20)27)26-22-15-9-12-17-10-5-7-13-19(17)22/h5-16,24,26H,3-4H2,1-2H3,(H,25,27). The average Bonchev–Trinajstić information content (AvgIpc) is 2.77. The van der Waals surface area contributed by atoms with Crippen molar-refractivity contribution in [3.8, 4) is 0 Å². The third-order valence-electron chi connectivity index (χ3n) is 5.09. The Labute approximate surface area is 180 Å². The number of H-pyrrole nitrogens is 1. The molecule has 2 N–H and O–H groups in total. The minimum absolute atomic E-state index is 0.191. The maximum Gasteiger partial charge on any atom is 0.357 e. The minimum atomic E-state index is -3.73. The smallest absolute Gasteiger partial charge is 0.357 e. The molecule has 0 spiro atoms. The molecule has 0 aliphatic rings. The molecule has 1 atom stereocenters. The van der Waals surface area contributed by atoms with E-state index >= 15 is 0 Å². The van der Waals surface area contributed by atoms with Crippen LogP contribution < -0.4 is 10.9 Å². The molecular formula is C24H25N2O4P. The van der Waals surface area contributed by atoms with Crippen molar-refractivity contribution in [3.05, 3.63) is 88.7 Å². The van der Waals surface area contributed by atoms with Crippen molar-refractivity contribution >= 4 is 35.0 Å². The molecule has 31 heavy (non-hydrogen) atoms. The monoisotopic (exact) mass is 436 g/mol. The number of nitrogens with one attached hydrogen (secondary N) is 2. The lowest BCUT2D eigenvalue weighted by molar-refractivity contribution is 0.214. The molecule has 0 amide bonds. The fraction of sp³-hybridized carbons (Fsp3) is 0.208. The van der Waals surface area contributed by atoms with Gasteiger partial charge in [-0.15, -0.1) is 0 Å². The van der Waals surface area contributed by atoms with Gasteiger partial charge in [0.15, 0.2) is 5.78 Å². The van der Waals surface area contributed by atoms with Gasteiger partial charge in [0.05, 0.1) is 18.8 Å². The van der Waals surface area contributed by atoms with Crippen LogP contribution in [0, 0.1) is 0 Å². The summed E-state index contributed by atoms with van der Waals surface area (Å²) in [5.41, 5.74) is 1.42. The predicted octanol–water partition coefficient (Wildman–Crippen LogP) is 6.06. The van der Waals surface area contributed by atoms with Gasteiger partial charge in [-0.25, -0.2) is 0 Å². The number of benzene rings is 3. The fourth-order valence-corrected chi connectivity index (χ4v) is 5.66. The van der Waals surface area contributed by atoms with Crippen LogP contribution in [-0.2, 0) is 13.6 Å². The van der Waals surface area contributed by atoms with E-state index in [1.54, 1.807) is 19.9 Å². The first kappa shape index (κ1) is 21.3. The van der Waals surface area contributed by atoms with Gasteiger partial charge in [-0.1, -0.05) is 54.6 Å². The summed E-state index contributed by atoms with van der Waals surface area (Å²) in [6, 6.07) is 22.9. The second-order valence-electron chi connectivity index (χ2n) is 7.09. The Morgan fingerprint density at radius 3 is 2.29 bits per heavy atom. The molecular weight excluding hydrogens is 411 g/mol. The molecule has 4 aromatic rings. The Morgan fingerprint density at radius 2 is 1.55 bits per heavy atom. The van der Waals surface area contributed by atoms with Gasteiger partial charge in [-0.05, 0) is 42.8 Å². The van der Waals surface area contributed by atoms with Crippen molar-refractivity contribution in [2.24, 2.45) is 0 Å². The van der Waals surface area contributed by atoms with Crippen molar-refractivity contribution < 1.29 is 13.6 Å². The lowest BCUT2D eigenvalue weighted by Crippen LogP contribution is -2.23. The molecule has 0 bridgehead atoms. The molecule has 0 saturated carbocycles. The lowest BCUT2D eigenvalue weighted by Gasteiger charge is -2.28. The number of anilines is 1. The van der Waals surface area contributed by atoms with Gasteiger partial charge in [0, 0.05) is 16.6 Å². The molecule has 0 saturated heterocycles. The van der Waals surface area contributed by atoms with Crippen LogP contribution in [0.15, 0.2) is 77.6 Å². The highest BCUT2D eigenvalue weighted by Gasteiger charge is 2.39. The Morgan fingerprint density at radius 1 is 0.903 bits per heavy atom. The second kappa shape index (κ2) is 9.06. The van der Waals surface area contributed by atoms with Gasteiger partial charge in [-0.3, -0.25) is 9.36 Å². The van der Waals surface area contributed by atoms with Gasteiger partial charge in [0.2, 0.25) is 0 Å². The third-order valence-corrected chi connectivity index (χ3v) is 7.37. The van der Waals surface area contributed by atoms with Crippen LogP contribution in [0.2, 0.25) is 0 Å². The summed E-state index contributed by atoms with van der Waals surface area (Å²) in [4.78, 5) is 15.9. The quantitative estimate of drug-likeness (QED) is 0.328. The number of aromatic amines is 1. The predicted molar refractivity (Wildman–Crippen MR) is 126 cm³/mol. The average molecular weight is 436 g/mol. The second-order valence-corrected chi connectivity index (χ2v) is 9.20. The fourth-order valence-electron chi connectivity index (χ4n) is 3.74. The van der Waals surface area contributed by atoms with Crippen LogP contribution in [0.4, 0.5) is 5.69 Å². The topological polar surface area (TPSA) is 80.4 Å². The van der Waals surface area contributed by atoms with E-state index in [1.165, 1.54) is 0 Å². The number of para-hydroxylation sites is 1. The molecule has 1 heterocycles. The maximum absolute atomic E-state index is 13.9. The van der Waals surface area contributed by atoms with Gasteiger partial charge in [0.25, 0.3) is 5.56 Å². The Hall–Kier alpha value is -2.92. The van der Waals surface area contributed by atoms with Crippen molar-refractivity contribution in [1.82, 2.24) is 4.98 Å². The van der Waals surface area contributed by atoms with Crippen molar-refractivity contribution in [2.45, 2.75) is 19.6 Å². The number of aromatic nitrogens is 1. The van der Waals surface area contributed by atoms with Crippen molar-refractivity contribution in [1.29, 1.82) is 0 Å².